The van der Waals surface area contributed by atoms with Crippen molar-refractivity contribution < 1.29 is 22.7 Å². The van der Waals surface area contributed by atoms with Crippen molar-refractivity contribution in [1.82, 2.24) is 0 Å². The molecular weight excluding hydrogens is 333 g/mol. The van der Waals surface area contributed by atoms with Gasteiger partial charge in [0.1, 0.15) is 18.4 Å². The van der Waals surface area contributed by atoms with Crippen molar-refractivity contribution in [3.8, 4) is 11.8 Å². The van der Waals surface area contributed by atoms with E-state index in [2.05, 4.69) is 5.16 Å². The summed E-state index contributed by atoms with van der Waals surface area (Å²) in [7, 11) is 0. The molecule has 0 aromatic heterocycles. The molecule has 2 rings (SSSR count). The van der Waals surface area contributed by atoms with Crippen LogP contribution in [0.1, 0.15) is 23.6 Å². The Morgan fingerprint density at radius 1 is 1.08 bits per heavy atom. The lowest BCUT2D eigenvalue weighted by Gasteiger charge is -2.07. The molecule has 0 aliphatic carbocycles. The number of hydrogen-bond donors (Lipinski definition) is 0. The van der Waals surface area contributed by atoms with Crippen LogP contribution in [0.15, 0.2) is 53.7 Å². The second-order valence-electron chi connectivity index (χ2n) is 5.12. The number of benzene rings is 2. The summed E-state index contributed by atoms with van der Waals surface area (Å²) >= 11 is 0. The Kier molecular flexibility index (Phi) is 6.01. The number of oxime groups is 1. The van der Waals surface area contributed by atoms with E-state index >= 15 is 0 Å². The highest BCUT2D eigenvalue weighted by molar-refractivity contribution is 5.98. The number of hydrogen-bond acceptors (Lipinski definition) is 4. The van der Waals surface area contributed by atoms with Gasteiger partial charge in [0.05, 0.1) is 11.3 Å². The third-order valence-electron chi connectivity index (χ3n) is 3.29. The van der Waals surface area contributed by atoms with Crippen molar-refractivity contribution in [3.05, 3.63) is 65.2 Å². The van der Waals surface area contributed by atoms with E-state index in [0.717, 1.165) is 17.7 Å². The van der Waals surface area contributed by atoms with Crippen molar-refractivity contribution in [3.63, 3.8) is 0 Å². The summed E-state index contributed by atoms with van der Waals surface area (Å²) in [6.45, 7) is 1.79. The summed E-state index contributed by atoms with van der Waals surface area (Å²) in [6.07, 6.45) is -4.35. The Morgan fingerprint density at radius 3 is 2.28 bits per heavy atom. The largest absolute Gasteiger partial charge is 0.479 e. The van der Waals surface area contributed by atoms with Crippen LogP contribution in [0.3, 0.4) is 0 Å². The number of nitriles is 1. The second kappa shape index (κ2) is 8.20. The molecule has 25 heavy (non-hydrogen) atoms. The zero-order chi connectivity index (χ0) is 18.3. The predicted octanol–water partition coefficient (Wildman–Crippen LogP) is 4.55. The predicted molar refractivity (Wildman–Crippen MR) is 86.0 cm³/mol. The Hall–Kier alpha value is -3.01. The van der Waals surface area contributed by atoms with Gasteiger partial charge < -0.3 is 9.57 Å². The lowest BCUT2D eigenvalue weighted by molar-refractivity contribution is -0.137. The molecule has 0 spiro atoms. The number of ether oxygens (including phenoxy) is 1. The van der Waals surface area contributed by atoms with Gasteiger partial charge in [-0.3, -0.25) is 0 Å². The van der Waals surface area contributed by atoms with E-state index in [0.29, 0.717) is 17.0 Å². The molecule has 0 heterocycles. The van der Waals surface area contributed by atoms with Crippen LogP contribution >= 0.6 is 0 Å². The van der Waals surface area contributed by atoms with Gasteiger partial charge in [0.2, 0.25) is 0 Å². The van der Waals surface area contributed by atoms with Gasteiger partial charge >= 0.3 is 6.18 Å². The number of halogens is 3. The Bertz CT molecular complexity index is 761. The minimum Gasteiger partial charge on any atom is -0.479 e. The van der Waals surface area contributed by atoms with Gasteiger partial charge in [-0.15, -0.1) is 0 Å². The number of alkyl halides is 3. The molecule has 4 nitrogen and oxygen atoms in total. The van der Waals surface area contributed by atoms with E-state index in [1.165, 1.54) is 12.1 Å². The maximum absolute atomic E-state index is 12.5. The summed E-state index contributed by atoms with van der Waals surface area (Å²) in [6, 6.07) is 13.6. The van der Waals surface area contributed by atoms with Crippen molar-refractivity contribution in [2.24, 2.45) is 5.16 Å². The first-order valence-corrected chi connectivity index (χ1v) is 7.33. The first kappa shape index (κ1) is 18.3. The van der Waals surface area contributed by atoms with Crippen molar-refractivity contribution in [2.45, 2.75) is 19.7 Å². The van der Waals surface area contributed by atoms with E-state index in [1.807, 2.05) is 6.07 Å². The molecule has 0 saturated carbocycles. The fourth-order valence-electron chi connectivity index (χ4n) is 1.95. The summed E-state index contributed by atoms with van der Waals surface area (Å²) in [5, 5.41) is 12.4. The van der Waals surface area contributed by atoms with Gasteiger partial charge in [-0.1, -0.05) is 17.3 Å². The second-order valence-corrected chi connectivity index (χ2v) is 5.12. The van der Waals surface area contributed by atoms with Gasteiger partial charge in [0, 0.05) is 0 Å². The van der Waals surface area contributed by atoms with Gasteiger partial charge in [-0.05, 0) is 54.4 Å². The molecule has 0 amide bonds. The molecule has 0 N–H and O–H groups in total. The van der Waals surface area contributed by atoms with E-state index in [1.54, 1.807) is 31.2 Å². The van der Waals surface area contributed by atoms with Crippen molar-refractivity contribution >= 4 is 5.71 Å². The fraction of sp³-hybridized carbons (Fsp3) is 0.222. The van der Waals surface area contributed by atoms with Crippen molar-refractivity contribution in [2.75, 3.05) is 6.61 Å². The zero-order valence-corrected chi connectivity index (χ0v) is 13.4. The summed E-state index contributed by atoms with van der Waals surface area (Å²) in [5.41, 5.74) is 1.30. The molecule has 0 unspecified atom stereocenters. The Balaban J connectivity index is 1.92. The van der Waals surface area contributed by atoms with E-state index in [-0.39, 0.29) is 13.2 Å². The molecule has 0 saturated heterocycles. The smallest absolute Gasteiger partial charge is 0.416 e. The Morgan fingerprint density at radius 2 is 1.72 bits per heavy atom. The average Bonchev–Trinajstić information content (AvgIpc) is 2.60. The van der Waals surface area contributed by atoms with Crippen LogP contribution in [0.4, 0.5) is 13.2 Å². The number of rotatable bonds is 6. The molecule has 0 radical (unpaired) electrons. The summed E-state index contributed by atoms with van der Waals surface area (Å²) < 4.78 is 42.6. The van der Waals surface area contributed by atoms with Crippen LogP contribution in [0.25, 0.3) is 0 Å². The molecule has 0 atom stereocenters. The van der Waals surface area contributed by atoms with Crippen LogP contribution in [0.5, 0.6) is 5.75 Å². The molecule has 0 bridgehead atoms. The topological polar surface area (TPSA) is 54.6 Å². The lowest BCUT2D eigenvalue weighted by Crippen LogP contribution is -2.04. The molecule has 0 fully saturated rings. The van der Waals surface area contributed by atoms with Crippen LogP contribution in [-0.2, 0) is 17.6 Å². The molecular formula is C18H15F3N2O2. The van der Waals surface area contributed by atoms with Gasteiger partial charge in [-0.2, -0.15) is 18.4 Å². The van der Waals surface area contributed by atoms with E-state index < -0.39 is 11.7 Å². The monoisotopic (exact) mass is 348 g/mol. The highest BCUT2D eigenvalue weighted by Crippen LogP contribution is 2.29. The third-order valence-corrected chi connectivity index (χ3v) is 3.29. The highest BCUT2D eigenvalue weighted by Gasteiger charge is 2.29. The minimum absolute atomic E-state index is 0.0251. The summed E-state index contributed by atoms with van der Waals surface area (Å²) in [4.78, 5) is 5.19. The molecule has 7 heteroatoms. The minimum atomic E-state index is -4.35. The maximum Gasteiger partial charge on any atom is 0.416 e. The maximum atomic E-state index is 12.5. The van der Waals surface area contributed by atoms with E-state index in [4.69, 9.17) is 14.8 Å². The van der Waals surface area contributed by atoms with Crippen LogP contribution in [0.2, 0.25) is 0 Å². The van der Waals surface area contributed by atoms with Crippen molar-refractivity contribution in [1.29, 1.82) is 5.26 Å². The van der Waals surface area contributed by atoms with Crippen LogP contribution < -0.4 is 4.74 Å². The first-order chi connectivity index (χ1) is 11.9. The fourth-order valence-corrected chi connectivity index (χ4v) is 1.95. The molecule has 0 aliphatic heterocycles. The van der Waals surface area contributed by atoms with Gasteiger partial charge in [0.15, 0.2) is 6.61 Å². The zero-order valence-electron chi connectivity index (χ0n) is 13.4. The molecule has 2 aromatic carbocycles. The lowest BCUT2D eigenvalue weighted by atomic mass is 10.1. The highest BCUT2D eigenvalue weighted by atomic mass is 19.4. The van der Waals surface area contributed by atoms with Crippen LogP contribution in [0, 0.1) is 11.3 Å². The molecule has 130 valence electrons. The van der Waals surface area contributed by atoms with E-state index in [9.17, 15) is 13.2 Å². The Labute approximate surface area is 143 Å². The molecule has 0 aliphatic rings. The van der Waals surface area contributed by atoms with Gasteiger partial charge in [0.25, 0.3) is 0 Å². The summed E-state index contributed by atoms with van der Waals surface area (Å²) in [5.74, 6) is 0.573. The van der Waals surface area contributed by atoms with Gasteiger partial charge in [-0.25, -0.2) is 0 Å². The quantitative estimate of drug-likeness (QED) is 0.568. The number of nitrogens with zero attached hydrogens (tertiary/aromatic N) is 2. The molecule has 2 aromatic rings. The van der Waals surface area contributed by atoms with Crippen LogP contribution in [-0.4, -0.2) is 12.3 Å². The third kappa shape index (κ3) is 5.53. The first-order valence-electron chi connectivity index (χ1n) is 7.33. The SMILES string of the molecule is C/C(=N\OCc1ccc(C(F)(F)F)cc1)c1ccc(OCC#N)cc1. The normalized spacial score (nSPS) is 11.7. The standard InChI is InChI=1S/C18H15F3N2O2/c1-13(15-4-8-17(9-5-15)24-11-10-22)23-25-12-14-2-6-16(7-3-14)18(19,20)21/h2-9H,11-12H2,1H3/b23-13+. The average molecular weight is 348 g/mol.